The number of hydrogen-bond acceptors (Lipinski definition) is 5. The van der Waals surface area contributed by atoms with Gasteiger partial charge in [0.25, 0.3) is 0 Å². The van der Waals surface area contributed by atoms with E-state index in [0.29, 0.717) is 11.5 Å². The highest BCUT2D eigenvalue weighted by atomic mass is 16.5. The van der Waals surface area contributed by atoms with Gasteiger partial charge in [0.15, 0.2) is 0 Å². The first-order valence-corrected chi connectivity index (χ1v) is 6.70. The average molecular weight is 297 g/mol. The van der Waals surface area contributed by atoms with Crippen molar-refractivity contribution in [2.75, 3.05) is 13.2 Å². The highest BCUT2D eigenvalue weighted by molar-refractivity contribution is 5.77. The molecule has 3 unspecified atom stereocenters. The van der Waals surface area contributed by atoms with Gasteiger partial charge in [-0.25, -0.2) is 4.79 Å². The minimum Gasteiger partial charge on any atom is -0.481 e. The molecule has 0 spiro atoms. The molecule has 1 aliphatic rings. The minimum absolute atomic E-state index is 0.111. The van der Waals surface area contributed by atoms with Gasteiger partial charge in [-0.05, 0) is 20.8 Å². The number of nitrogens with zero attached hydrogens (tertiary/aromatic N) is 1. The van der Waals surface area contributed by atoms with Crippen LogP contribution < -0.4 is 10.6 Å². The number of urea groups is 1. The number of aliphatic carboxylic acids is 1. The average Bonchev–Trinajstić information content (AvgIpc) is 2.96. The van der Waals surface area contributed by atoms with E-state index in [1.54, 1.807) is 13.8 Å². The Kier molecular flexibility index (Phi) is 4.46. The standard InChI is InChI=1S/C13H19N3O5/c1-6(11-7(2)16-21-8(11)3)14-13(19)15-10-5-20-4-9(10)12(17)18/h6,9-10H,4-5H2,1-3H3,(H,17,18)(H2,14,15,19). The lowest BCUT2D eigenvalue weighted by molar-refractivity contribution is -0.142. The lowest BCUT2D eigenvalue weighted by Gasteiger charge is -2.19. The van der Waals surface area contributed by atoms with Gasteiger partial charge in [0.2, 0.25) is 0 Å². The van der Waals surface area contributed by atoms with E-state index in [-0.39, 0.29) is 19.3 Å². The van der Waals surface area contributed by atoms with Crippen molar-refractivity contribution in [3.63, 3.8) is 0 Å². The van der Waals surface area contributed by atoms with Crippen molar-refractivity contribution in [3.05, 3.63) is 17.0 Å². The fourth-order valence-electron chi connectivity index (χ4n) is 2.53. The Hall–Kier alpha value is -2.09. The molecule has 1 aromatic heterocycles. The summed E-state index contributed by atoms with van der Waals surface area (Å²) in [4.78, 5) is 23.0. The maximum Gasteiger partial charge on any atom is 0.315 e. The van der Waals surface area contributed by atoms with Crippen LogP contribution in [-0.4, -0.2) is 41.5 Å². The summed E-state index contributed by atoms with van der Waals surface area (Å²) >= 11 is 0. The molecular weight excluding hydrogens is 278 g/mol. The molecule has 21 heavy (non-hydrogen) atoms. The van der Waals surface area contributed by atoms with Crippen LogP contribution in [0, 0.1) is 19.8 Å². The molecule has 1 fully saturated rings. The summed E-state index contributed by atoms with van der Waals surface area (Å²) in [5.41, 5.74) is 1.54. The van der Waals surface area contributed by atoms with E-state index in [2.05, 4.69) is 15.8 Å². The maximum absolute atomic E-state index is 12.0. The fraction of sp³-hybridized carbons (Fsp3) is 0.615. The molecule has 0 radical (unpaired) electrons. The fourth-order valence-corrected chi connectivity index (χ4v) is 2.53. The van der Waals surface area contributed by atoms with Gasteiger partial charge in [0.1, 0.15) is 11.7 Å². The molecule has 3 N–H and O–H groups in total. The van der Waals surface area contributed by atoms with Gasteiger partial charge >= 0.3 is 12.0 Å². The monoisotopic (exact) mass is 297 g/mol. The number of carbonyl (C=O) groups is 2. The van der Waals surface area contributed by atoms with Crippen molar-refractivity contribution in [2.24, 2.45) is 5.92 Å². The molecule has 0 aliphatic carbocycles. The second-order valence-corrected chi connectivity index (χ2v) is 5.17. The smallest absolute Gasteiger partial charge is 0.315 e. The summed E-state index contributed by atoms with van der Waals surface area (Å²) in [5, 5.41) is 18.3. The number of aryl methyl sites for hydroxylation is 2. The molecule has 1 aliphatic heterocycles. The van der Waals surface area contributed by atoms with Crippen molar-refractivity contribution >= 4 is 12.0 Å². The number of hydrogen-bond donors (Lipinski definition) is 3. The Labute approximate surface area is 121 Å². The van der Waals surface area contributed by atoms with Gasteiger partial charge in [-0.15, -0.1) is 0 Å². The van der Waals surface area contributed by atoms with Crippen LogP contribution in [-0.2, 0) is 9.53 Å². The molecule has 1 saturated heterocycles. The first-order valence-electron chi connectivity index (χ1n) is 6.70. The molecule has 0 saturated carbocycles. The van der Waals surface area contributed by atoms with Gasteiger partial charge in [-0.1, -0.05) is 5.16 Å². The molecule has 0 bridgehead atoms. The molecular formula is C13H19N3O5. The van der Waals surface area contributed by atoms with E-state index in [1.165, 1.54) is 0 Å². The third-order valence-electron chi connectivity index (χ3n) is 3.58. The Balaban J connectivity index is 1.94. The quantitative estimate of drug-likeness (QED) is 0.755. The van der Waals surface area contributed by atoms with Crippen LogP contribution in [0.3, 0.4) is 0 Å². The Morgan fingerprint density at radius 3 is 2.67 bits per heavy atom. The molecule has 2 heterocycles. The highest BCUT2D eigenvalue weighted by Gasteiger charge is 2.35. The molecule has 1 aromatic rings. The van der Waals surface area contributed by atoms with E-state index >= 15 is 0 Å². The molecule has 0 aromatic carbocycles. The van der Waals surface area contributed by atoms with Crippen LogP contribution in [0.5, 0.6) is 0 Å². The summed E-state index contributed by atoms with van der Waals surface area (Å²) in [5.74, 6) is -1.05. The van der Waals surface area contributed by atoms with Crippen molar-refractivity contribution < 1.29 is 24.0 Å². The topological polar surface area (TPSA) is 114 Å². The van der Waals surface area contributed by atoms with Crippen LogP contribution in [0.1, 0.15) is 30.0 Å². The van der Waals surface area contributed by atoms with Crippen LogP contribution in [0.25, 0.3) is 0 Å². The second kappa shape index (κ2) is 6.13. The number of rotatable bonds is 4. The Bertz CT molecular complexity index is 522. The molecule has 3 atom stereocenters. The third-order valence-corrected chi connectivity index (χ3v) is 3.58. The molecule has 116 valence electrons. The summed E-state index contributed by atoms with van der Waals surface area (Å²) in [6, 6.07) is -1.26. The van der Waals surface area contributed by atoms with Crippen LogP contribution in [0.4, 0.5) is 4.79 Å². The van der Waals surface area contributed by atoms with Gasteiger partial charge in [-0.3, -0.25) is 4.79 Å². The van der Waals surface area contributed by atoms with E-state index in [0.717, 1.165) is 5.56 Å². The zero-order valence-electron chi connectivity index (χ0n) is 12.2. The van der Waals surface area contributed by atoms with Crippen molar-refractivity contribution in [1.82, 2.24) is 15.8 Å². The largest absolute Gasteiger partial charge is 0.481 e. The normalized spacial score (nSPS) is 22.8. The van der Waals surface area contributed by atoms with Crippen molar-refractivity contribution in [1.29, 1.82) is 0 Å². The predicted molar refractivity (Wildman–Crippen MR) is 71.8 cm³/mol. The first-order chi connectivity index (χ1) is 9.90. The molecule has 2 amide bonds. The summed E-state index contributed by atoms with van der Waals surface area (Å²) in [7, 11) is 0. The summed E-state index contributed by atoms with van der Waals surface area (Å²) in [6.07, 6.45) is 0. The molecule has 8 heteroatoms. The van der Waals surface area contributed by atoms with Crippen LogP contribution >= 0.6 is 0 Å². The number of carbonyl (C=O) groups excluding carboxylic acids is 1. The van der Waals surface area contributed by atoms with Crippen LogP contribution in [0.2, 0.25) is 0 Å². The third kappa shape index (κ3) is 3.33. The van der Waals surface area contributed by atoms with Gasteiger partial charge < -0.3 is 25.0 Å². The van der Waals surface area contributed by atoms with Gasteiger partial charge in [0, 0.05) is 5.56 Å². The Morgan fingerprint density at radius 2 is 2.10 bits per heavy atom. The van der Waals surface area contributed by atoms with E-state index in [1.807, 2.05) is 6.92 Å². The molecule has 8 nitrogen and oxygen atoms in total. The van der Waals surface area contributed by atoms with E-state index < -0.39 is 24.0 Å². The number of carboxylic acid groups (broad SMARTS) is 1. The number of aromatic nitrogens is 1. The Morgan fingerprint density at radius 1 is 1.38 bits per heavy atom. The first kappa shape index (κ1) is 15.3. The second-order valence-electron chi connectivity index (χ2n) is 5.17. The maximum atomic E-state index is 12.0. The predicted octanol–water partition coefficient (Wildman–Crippen LogP) is 0.751. The SMILES string of the molecule is Cc1noc(C)c1C(C)NC(=O)NC1COCC1C(=O)O. The number of ether oxygens (including phenoxy) is 1. The molecule has 2 rings (SSSR count). The minimum atomic E-state index is -0.975. The number of nitrogens with one attached hydrogen (secondary N) is 2. The van der Waals surface area contributed by atoms with Crippen molar-refractivity contribution in [2.45, 2.75) is 32.9 Å². The number of amides is 2. The zero-order valence-corrected chi connectivity index (χ0v) is 12.2. The van der Waals surface area contributed by atoms with Crippen LogP contribution in [0.15, 0.2) is 4.52 Å². The highest BCUT2D eigenvalue weighted by Crippen LogP contribution is 2.21. The summed E-state index contributed by atoms with van der Waals surface area (Å²) < 4.78 is 10.2. The van der Waals surface area contributed by atoms with Gasteiger partial charge in [-0.2, -0.15) is 0 Å². The zero-order chi connectivity index (χ0) is 15.6. The lowest BCUT2D eigenvalue weighted by Crippen LogP contribution is -2.47. The number of carboxylic acids is 1. The summed E-state index contributed by atoms with van der Waals surface area (Å²) in [6.45, 7) is 5.69. The van der Waals surface area contributed by atoms with Crippen molar-refractivity contribution in [3.8, 4) is 0 Å². The van der Waals surface area contributed by atoms with Gasteiger partial charge in [0.05, 0.1) is 31.0 Å². The van der Waals surface area contributed by atoms with E-state index in [9.17, 15) is 9.59 Å². The van der Waals surface area contributed by atoms with E-state index in [4.69, 9.17) is 14.4 Å². The lowest BCUT2D eigenvalue weighted by atomic mass is 10.0.